The minimum absolute atomic E-state index is 0. The van der Waals surface area contributed by atoms with Crippen molar-refractivity contribution in [1.82, 2.24) is 5.32 Å². The summed E-state index contributed by atoms with van der Waals surface area (Å²) in [5, 5.41) is 55.4. The standard InChI is InChI=1S/C89H92N4O9S.Na/c1-48-14-15-53-39-63-23-26-65(53)71(48)45-80(103(98,99)100)73-42-59-37-58(40-64-34-50(47-94)10-6-11-52-38-62(95)22-25-67(52)85(59)101-64)81(73)51-16-20-61(21-17-51)89(102-63,93-86(90)91)78-44-55-19-29-75-69(28-30-74(55)88(75,97)77(78)35-49-8-4-3-5-9-49)68-27-31-76-82-57(18-24-70(68)82)41-72-60(46-92-2)36-56-12-7-13-66-54-32-33-87(76,96)79(43-54)84(72)83(56)66;/h3-5,7-9,12-13,16-27,29,31-33,36,38-39,42,48,50,54-55,57-58,64,69,71,73-75,77-81,85,92,94-97H,10,14-15,28,30,34-35,37,40-41,43-47H2,1-2H3,(H4,90,91,93)(H,98,99,100);/q;+1/p-1. The molecule has 7 aromatic rings. The van der Waals surface area contributed by atoms with Crippen molar-refractivity contribution in [2.45, 2.75) is 167 Å². The number of aliphatic imine (C=N–C) groups is 1. The van der Waals surface area contributed by atoms with Crippen molar-refractivity contribution in [1.29, 1.82) is 0 Å². The second-order valence-electron chi connectivity index (χ2n) is 33.0. The van der Waals surface area contributed by atoms with Crippen LogP contribution in [0.5, 0.6) is 11.5 Å². The Morgan fingerprint density at radius 1 is 0.798 bits per heavy atom. The fourth-order valence-electron chi connectivity index (χ4n) is 23.6. The van der Waals surface area contributed by atoms with Crippen LogP contribution in [0, 0.1) is 65.1 Å². The van der Waals surface area contributed by atoms with E-state index in [2.05, 4.69) is 164 Å². The van der Waals surface area contributed by atoms with Gasteiger partial charge in [-0.25, -0.2) is 13.4 Å². The molecule has 5 heterocycles. The van der Waals surface area contributed by atoms with Gasteiger partial charge in [-0.15, -0.1) is 0 Å². The Balaban J connectivity index is 0.00000771. The molecule has 3 fully saturated rings. The number of allylic oxidation sites excluding steroid dienone is 4. The third kappa shape index (κ3) is 10.8. The topological polar surface area (TPSA) is 233 Å². The molecule has 5 aliphatic heterocycles. The number of aryl methyl sites for hydroxylation is 1. The van der Waals surface area contributed by atoms with E-state index in [9.17, 15) is 28.3 Å². The van der Waals surface area contributed by atoms with E-state index < -0.39 is 62.1 Å². The largest absolute Gasteiger partial charge is 1.00 e. The molecule has 0 amide bonds. The molecule has 7 aromatic carbocycles. The summed E-state index contributed by atoms with van der Waals surface area (Å²) in [6.45, 7) is 2.81. The van der Waals surface area contributed by atoms with Crippen LogP contribution in [0.2, 0.25) is 0 Å². The molecule has 14 aliphatic rings. The van der Waals surface area contributed by atoms with Crippen molar-refractivity contribution >= 4 is 32.9 Å². The quantitative estimate of drug-likeness (QED) is 0.0179. The molecule has 2 saturated carbocycles. The Morgan fingerprint density at radius 2 is 1.62 bits per heavy atom. The summed E-state index contributed by atoms with van der Waals surface area (Å²) < 4.78 is 59.2. The maximum absolute atomic E-state index is 15.2. The molecular formula is C89H91N4NaO9S. The van der Waals surface area contributed by atoms with Gasteiger partial charge in [0.05, 0.1) is 27.1 Å². The van der Waals surface area contributed by atoms with Crippen molar-refractivity contribution in [3.8, 4) is 23.3 Å². The predicted molar refractivity (Wildman–Crippen MR) is 399 cm³/mol. The predicted octanol–water partition coefficient (Wildman–Crippen LogP) is 11.0. The molecule has 0 spiro atoms. The van der Waals surface area contributed by atoms with Gasteiger partial charge in [0, 0.05) is 71.8 Å². The average molecular weight is 1420 g/mol. The Labute approximate surface area is 632 Å². The second-order valence-corrected chi connectivity index (χ2v) is 34.6. The number of hydrogen-bond donors (Lipinski definition) is 7. The van der Waals surface area contributed by atoms with Gasteiger partial charge in [0.2, 0.25) is 5.72 Å². The van der Waals surface area contributed by atoms with Crippen LogP contribution in [0.4, 0.5) is 0 Å². The van der Waals surface area contributed by atoms with Gasteiger partial charge in [-0.05, 0) is 251 Å². The Hall–Kier alpha value is -7.10. The van der Waals surface area contributed by atoms with E-state index in [1.807, 2.05) is 25.2 Å². The zero-order valence-corrected chi connectivity index (χ0v) is 62.3. The third-order valence-corrected chi connectivity index (χ3v) is 29.2. The van der Waals surface area contributed by atoms with Crippen LogP contribution in [0.25, 0.3) is 16.8 Å². The van der Waals surface area contributed by atoms with E-state index >= 15 is 5.11 Å². The number of ether oxygens (including phenoxy) is 2. The Morgan fingerprint density at radius 3 is 2.43 bits per heavy atom. The molecule has 0 radical (unpaired) electrons. The summed E-state index contributed by atoms with van der Waals surface area (Å²) in [7, 11) is -2.98. The number of nitrogens with one attached hydrogen (secondary N) is 1. The number of phenols is 1. The molecule has 21 unspecified atom stereocenters. The first kappa shape index (κ1) is 68.7. The van der Waals surface area contributed by atoms with E-state index in [0.29, 0.717) is 61.8 Å². The van der Waals surface area contributed by atoms with E-state index in [1.165, 1.54) is 49.7 Å². The van der Waals surface area contributed by atoms with Gasteiger partial charge in [-0.3, -0.25) is 0 Å². The number of fused-ring (bicyclic) bond motifs is 11. The molecule has 13 nitrogen and oxygen atoms in total. The molecular weight excluding hydrogens is 1320 g/mol. The summed E-state index contributed by atoms with van der Waals surface area (Å²) in [6, 6.07) is 43.8. The van der Waals surface area contributed by atoms with Crippen LogP contribution in [-0.2, 0) is 52.0 Å². The van der Waals surface area contributed by atoms with Gasteiger partial charge < -0.3 is 51.2 Å². The van der Waals surface area contributed by atoms with E-state index in [-0.39, 0.29) is 125 Å². The van der Waals surface area contributed by atoms with Gasteiger partial charge >= 0.3 is 29.6 Å². The van der Waals surface area contributed by atoms with Gasteiger partial charge in [0.15, 0.2) is 5.96 Å². The smallest absolute Gasteiger partial charge is 0.748 e. The van der Waals surface area contributed by atoms with Crippen LogP contribution >= 0.6 is 0 Å². The maximum Gasteiger partial charge on any atom is 1.00 e. The van der Waals surface area contributed by atoms with Crippen molar-refractivity contribution in [3.63, 3.8) is 0 Å². The van der Waals surface area contributed by atoms with Crippen molar-refractivity contribution in [2.24, 2.45) is 69.7 Å². The number of aromatic hydroxyl groups is 1. The number of rotatable bonds is 9. The Kier molecular flexibility index (Phi) is 17.1. The van der Waals surface area contributed by atoms with Crippen molar-refractivity contribution in [3.05, 3.63) is 253 Å². The molecule has 9 aliphatic carbocycles. The zero-order valence-electron chi connectivity index (χ0n) is 59.5. The first-order valence-electron chi connectivity index (χ1n) is 38.1. The third-order valence-electron chi connectivity index (χ3n) is 27.9. The molecule has 9 N–H and O–H groups in total. The van der Waals surface area contributed by atoms with Gasteiger partial charge in [0.25, 0.3) is 0 Å². The summed E-state index contributed by atoms with van der Waals surface area (Å²) in [5.74, 6) is 3.52. The molecule has 104 heavy (non-hydrogen) atoms. The normalized spacial score (nSPS) is 35.3. The summed E-state index contributed by atoms with van der Waals surface area (Å²) in [6.07, 6.45) is 22.9. The SMILES string of the molecule is CNCc1cc2cccc3c2c2c1CC1C=Cc4c(C5CCC6C7C=CC5C6(O)C(Cc5ccccc5)C(C5(N=C(N)N)Oc6ccc8c(c6)CCC(C)C8CC(S(=O)(=O)[O-])C6C=C8CC(CC9CC(CO)CC#Cc%10cc(O)ccc%10C8O9)C6c6ccc5cc6)C7)ccc(c41)C1(O)C=CC3CC21.[Na+]. The molecule has 528 valence electrons. The van der Waals surface area contributed by atoms with Crippen LogP contribution in [0.1, 0.15) is 196 Å². The fourth-order valence-corrected chi connectivity index (χ4v) is 24.7. The number of nitrogens with zero attached hydrogens (tertiary/aromatic N) is 1. The summed E-state index contributed by atoms with van der Waals surface area (Å²) in [5.41, 5.74) is 26.4. The minimum Gasteiger partial charge on any atom is -0.748 e. The molecule has 1 saturated heterocycles. The number of nitrogens with two attached hydrogens (primary N) is 2. The van der Waals surface area contributed by atoms with Crippen LogP contribution in [0.15, 0.2) is 174 Å². The van der Waals surface area contributed by atoms with Gasteiger partial charge in [-0.1, -0.05) is 158 Å². The van der Waals surface area contributed by atoms with Crippen molar-refractivity contribution in [2.75, 3.05) is 13.7 Å². The molecule has 21 rings (SSSR count). The number of aliphatic hydroxyl groups excluding tert-OH is 1. The van der Waals surface area contributed by atoms with Gasteiger partial charge in [0.1, 0.15) is 23.2 Å². The van der Waals surface area contributed by atoms with E-state index in [0.717, 1.165) is 77.6 Å². The first-order valence-corrected chi connectivity index (χ1v) is 39.6. The molecule has 0 aromatic heterocycles. The average Bonchev–Trinajstić information content (AvgIpc) is 0.915. The maximum atomic E-state index is 15.2. The number of aliphatic hydroxyl groups is 3. The number of guanidine groups is 1. The Bertz CT molecular complexity index is 5000. The minimum atomic E-state index is -5.00. The van der Waals surface area contributed by atoms with Crippen LogP contribution < -0.4 is 51.1 Å². The van der Waals surface area contributed by atoms with Gasteiger partial charge in [-0.2, -0.15) is 0 Å². The first-order chi connectivity index (χ1) is 49.9. The number of hydrogen-bond acceptors (Lipinski definition) is 11. The monoisotopic (exact) mass is 1410 g/mol. The van der Waals surface area contributed by atoms with Crippen molar-refractivity contribution < 1.29 is 72.4 Å². The van der Waals surface area contributed by atoms with Crippen LogP contribution in [0.3, 0.4) is 0 Å². The number of phenolic OH excluding ortho intramolecular Hbond substituents is 1. The second kappa shape index (κ2) is 25.8. The van der Waals surface area contributed by atoms with E-state index in [4.69, 9.17) is 25.9 Å². The molecule has 21 atom stereocenters. The fraction of sp³-hybridized carbons (Fsp3) is 0.427. The zero-order chi connectivity index (χ0) is 70.2. The van der Waals surface area contributed by atoms with E-state index in [1.54, 1.807) is 12.1 Å². The summed E-state index contributed by atoms with van der Waals surface area (Å²) >= 11 is 0. The van der Waals surface area contributed by atoms with Crippen LogP contribution in [-0.4, -0.2) is 70.0 Å². The summed E-state index contributed by atoms with van der Waals surface area (Å²) in [4.78, 5) is 5.51. The molecule has 16 bridgehead atoms. The molecule has 15 heteroatoms. The number of benzene rings is 7.